The van der Waals surface area contributed by atoms with E-state index in [1.165, 1.54) is 6.07 Å². The molecule has 0 saturated heterocycles. The molecular weight excluding hydrogens is 558 g/mol. The van der Waals surface area contributed by atoms with Crippen molar-refractivity contribution in [2.75, 3.05) is 19.0 Å². The summed E-state index contributed by atoms with van der Waals surface area (Å²) >= 11 is 0. The molecule has 3 N–H and O–H groups in total. The SMILES string of the molecule is CCCCCCCCN(C(=O)C(CC(C)C)NC(=O)OC(C)(C)C)C(C(=O)Nc1ccc(OC)cc1)c1ccc(O)c(C)c1. The molecule has 0 bridgehead atoms. The summed E-state index contributed by atoms with van der Waals surface area (Å²) < 4.78 is 10.7. The molecule has 0 aliphatic heterocycles. The van der Waals surface area contributed by atoms with Crippen LogP contribution in [-0.4, -0.2) is 53.2 Å². The molecule has 2 rings (SSSR count). The van der Waals surface area contributed by atoms with Crippen LogP contribution in [0.1, 0.15) is 104 Å². The minimum absolute atomic E-state index is 0.0808. The molecule has 44 heavy (non-hydrogen) atoms. The number of carbonyl (C=O) groups excluding carboxylic acids is 3. The first-order valence-electron chi connectivity index (χ1n) is 15.8. The summed E-state index contributed by atoms with van der Waals surface area (Å²) in [4.78, 5) is 43.0. The average Bonchev–Trinajstić information content (AvgIpc) is 2.94. The number of unbranched alkanes of at least 4 members (excludes halogenated alkanes) is 5. The number of phenolic OH excluding ortho intramolecular Hbond substituents is 1. The number of alkyl carbamates (subject to hydrolysis) is 1. The van der Waals surface area contributed by atoms with E-state index >= 15 is 0 Å². The van der Waals surface area contributed by atoms with Gasteiger partial charge >= 0.3 is 6.09 Å². The van der Waals surface area contributed by atoms with E-state index in [0.29, 0.717) is 42.0 Å². The van der Waals surface area contributed by atoms with Gasteiger partial charge in [-0.25, -0.2) is 4.79 Å². The highest BCUT2D eigenvalue weighted by Crippen LogP contribution is 2.30. The number of amides is 3. The third-order valence-corrected chi connectivity index (χ3v) is 7.19. The van der Waals surface area contributed by atoms with Gasteiger partial charge in [0.1, 0.15) is 29.2 Å². The number of anilines is 1. The zero-order valence-corrected chi connectivity index (χ0v) is 27.9. The Hall–Kier alpha value is -3.75. The standard InChI is InChI=1S/C35H53N3O6/c1-9-10-11-12-13-14-21-38(33(41)29(22-24(2)3)37-34(42)44-35(5,6)7)31(26-15-20-30(39)25(4)23-26)32(40)36-27-16-18-28(43-8)19-17-27/h15-20,23-24,29,31,39H,9-14,21-22H2,1-8H3,(H,36,40)(H,37,42). The fourth-order valence-corrected chi connectivity index (χ4v) is 4.98. The van der Waals surface area contributed by atoms with E-state index in [0.717, 1.165) is 32.1 Å². The van der Waals surface area contributed by atoms with Gasteiger partial charge in [-0.3, -0.25) is 9.59 Å². The molecule has 0 fully saturated rings. The lowest BCUT2D eigenvalue weighted by Gasteiger charge is -2.35. The molecule has 2 atom stereocenters. The van der Waals surface area contributed by atoms with Crippen LogP contribution in [0.2, 0.25) is 0 Å². The van der Waals surface area contributed by atoms with Crippen LogP contribution in [0.5, 0.6) is 11.5 Å². The molecule has 9 heteroatoms. The van der Waals surface area contributed by atoms with Gasteiger partial charge < -0.3 is 30.1 Å². The maximum absolute atomic E-state index is 14.5. The predicted octanol–water partition coefficient (Wildman–Crippen LogP) is 7.52. The van der Waals surface area contributed by atoms with Gasteiger partial charge in [-0.1, -0.05) is 58.9 Å². The molecule has 0 spiro atoms. The summed E-state index contributed by atoms with van der Waals surface area (Å²) in [5.41, 5.74) is 0.959. The van der Waals surface area contributed by atoms with Crippen molar-refractivity contribution in [3.05, 3.63) is 53.6 Å². The highest BCUT2D eigenvalue weighted by atomic mass is 16.6. The van der Waals surface area contributed by atoms with Crippen molar-refractivity contribution in [2.45, 2.75) is 111 Å². The zero-order chi connectivity index (χ0) is 32.9. The first-order chi connectivity index (χ1) is 20.7. The first kappa shape index (κ1) is 36.4. The normalized spacial score (nSPS) is 12.8. The van der Waals surface area contributed by atoms with Crippen molar-refractivity contribution in [1.29, 1.82) is 0 Å². The van der Waals surface area contributed by atoms with Gasteiger partial charge in [0.25, 0.3) is 5.91 Å². The van der Waals surface area contributed by atoms with E-state index in [-0.39, 0.29) is 17.6 Å². The van der Waals surface area contributed by atoms with E-state index in [2.05, 4.69) is 17.6 Å². The number of phenols is 1. The Bertz CT molecular complexity index is 1210. The number of hydrogen-bond acceptors (Lipinski definition) is 6. The monoisotopic (exact) mass is 611 g/mol. The van der Waals surface area contributed by atoms with E-state index in [1.807, 2.05) is 13.8 Å². The number of carbonyl (C=O) groups is 3. The third-order valence-electron chi connectivity index (χ3n) is 7.19. The van der Waals surface area contributed by atoms with Crippen LogP contribution in [0.15, 0.2) is 42.5 Å². The Morgan fingerprint density at radius 2 is 1.59 bits per heavy atom. The fourth-order valence-electron chi connectivity index (χ4n) is 4.98. The van der Waals surface area contributed by atoms with Crippen LogP contribution in [-0.2, 0) is 14.3 Å². The Labute approximate surface area is 263 Å². The Morgan fingerprint density at radius 1 is 0.955 bits per heavy atom. The molecule has 0 aliphatic carbocycles. The second kappa shape index (κ2) is 17.5. The smallest absolute Gasteiger partial charge is 0.408 e. The molecular formula is C35H53N3O6. The number of methoxy groups -OCH3 is 1. The van der Waals surface area contributed by atoms with Gasteiger partial charge in [0.2, 0.25) is 5.91 Å². The van der Waals surface area contributed by atoms with Gasteiger partial charge in [0, 0.05) is 12.2 Å². The van der Waals surface area contributed by atoms with Crippen molar-refractivity contribution in [3.63, 3.8) is 0 Å². The van der Waals surface area contributed by atoms with E-state index in [9.17, 15) is 19.5 Å². The topological polar surface area (TPSA) is 117 Å². The number of aryl methyl sites for hydroxylation is 1. The molecule has 3 amide bonds. The Kier molecular flexibility index (Phi) is 14.5. The summed E-state index contributed by atoms with van der Waals surface area (Å²) in [6, 6.07) is 9.98. The Morgan fingerprint density at radius 3 is 2.16 bits per heavy atom. The molecule has 2 aromatic rings. The van der Waals surface area contributed by atoms with Crippen molar-refractivity contribution < 1.29 is 29.0 Å². The average molecular weight is 612 g/mol. The quantitative estimate of drug-likeness (QED) is 0.169. The molecule has 9 nitrogen and oxygen atoms in total. The van der Waals surface area contributed by atoms with Crippen LogP contribution >= 0.6 is 0 Å². The number of ether oxygens (including phenoxy) is 2. The number of benzene rings is 2. The van der Waals surface area contributed by atoms with E-state index in [1.54, 1.807) is 76.1 Å². The van der Waals surface area contributed by atoms with Gasteiger partial charge in [-0.2, -0.15) is 0 Å². The molecule has 244 valence electrons. The lowest BCUT2D eigenvalue weighted by atomic mass is 9.97. The maximum atomic E-state index is 14.5. The molecule has 0 aromatic heterocycles. The third kappa shape index (κ3) is 12.1. The van der Waals surface area contributed by atoms with E-state index in [4.69, 9.17) is 9.47 Å². The van der Waals surface area contributed by atoms with Gasteiger partial charge in [-0.05, 0) is 94.0 Å². The largest absolute Gasteiger partial charge is 0.508 e. The lowest BCUT2D eigenvalue weighted by Crippen LogP contribution is -2.53. The minimum atomic E-state index is -1.02. The summed E-state index contributed by atoms with van der Waals surface area (Å²) in [6.45, 7) is 13.5. The molecule has 0 aliphatic rings. The van der Waals surface area contributed by atoms with Crippen molar-refractivity contribution in [3.8, 4) is 11.5 Å². The second-order valence-electron chi connectivity index (χ2n) is 12.8. The molecule has 0 heterocycles. The maximum Gasteiger partial charge on any atom is 0.408 e. The second-order valence-corrected chi connectivity index (χ2v) is 12.8. The first-order valence-corrected chi connectivity index (χ1v) is 15.8. The molecule has 0 radical (unpaired) electrons. The fraction of sp³-hybridized carbons (Fsp3) is 0.571. The zero-order valence-electron chi connectivity index (χ0n) is 27.9. The number of hydrogen-bond donors (Lipinski definition) is 3. The number of nitrogens with zero attached hydrogens (tertiary/aromatic N) is 1. The van der Waals surface area contributed by atoms with Crippen LogP contribution < -0.4 is 15.4 Å². The van der Waals surface area contributed by atoms with Gasteiger partial charge in [-0.15, -0.1) is 0 Å². The number of rotatable bonds is 16. The van der Waals surface area contributed by atoms with Crippen molar-refractivity contribution in [2.24, 2.45) is 5.92 Å². The van der Waals surface area contributed by atoms with E-state index < -0.39 is 29.7 Å². The van der Waals surface area contributed by atoms with Crippen molar-refractivity contribution >= 4 is 23.6 Å². The minimum Gasteiger partial charge on any atom is -0.508 e. The number of nitrogens with one attached hydrogen (secondary N) is 2. The number of aromatic hydroxyl groups is 1. The summed E-state index contributed by atoms with van der Waals surface area (Å²) in [5, 5.41) is 16.0. The van der Waals surface area contributed by atoms with Crippen LogP contribution in [0.3, 0.4) is 0 Å². The summed E-state index contributed by atoms with van der Waals surface area (Å²) in [7, 11) is 1.57. The summed E-state index contributed by atoms with van der Waals surface area (Å²) in [6.07, 6.45) is 5.70. The highest BCUT2D eigenvalue weighted by molar-refractivity contribution is 5.99. The summed E-state index contributed by atoms with van der Waals surface area (Å²) in [5.74, 6) is 0.0654. The van der Waals surface area contributed by atoms with Crippen LogP contribution in [0.25, 0.3) is 0 Å². The molecule has 0 saturated carbocycles. The molecule has 2 unspecified atom stereocenters. The van der Waals surface area contributed by atoms with Crippen LogP contribution in [0, 0.1) is 12.8 Å². The van der Waals surface area contributed by atoms with Gasteiger partial charge in [0.05, 0.1) is 7.11 Å². The lowest BCUT2D eigenvalue weighted by molar-refractivity contribution is -0.141. The van der Waals surface area contributed by atoms with Crippen molar-refractivity contribution in [1.82, 2.24) is 10.2 Å². The Balaban J connectivity index is 2.54. The highest BCUT2D eigenvalue weighted by Gasteiger charge is 2.36. The van der Waals surface area contributed by atoms with Gasteiger partial charge in [0.15, 0.2) is 0 Å². The van der Waals surface area contributed by atoms with Crippen LogP contribution in [0.4, 0.5) is 10.5 Å². The molecule has 2 aromatic carbocycles. The predicted molar refractivity (Wildman–Crippen MR) is 175 cm³/mol.